The summed E-state index contributed by atoms with van der Waals surface area (Å²) in [5.41, 5.74) is 0.0765. The summed E-state index contributed by atoms with van der Waals surface area (Å²) in [6.45, 7) is 0. The van der Waals surface area contributed by atoms with E-state index in [9.17, 15) is 22.7 Å². The molecule has 1 fully saturated rings. The van der Waals surface area contributed by atoms with E-state index in [1.54, 1.807) is 22.9 Å². The Morgan fingerprint density at radius 1 is 1.33 bits per heavy atom. The van der Waals surface area contributed by atoms with Gasteiger partial charge in [0.05, 0.1) is 0 Å². The minimum absolute atomic E-state index is 0.0765. The molecule has 1 atom stereocenters. The van der Waals surface area contributed by atoms with Gasteiger partial charge in [0.1, 0.15) is 0 Å². The van der Waals surface area contributed by atoms with Crippen LogP contribution >= 0.6 is 0 Å². The molecule has 1 aromatic rings. The van der Waals surface area contributed by atoms with Gasteiger partial charge in [0.25, 0.3) is 15.9 Å². The molecule has 0 aliphatic heterocycles. The summed E-state index contributed by atoms with van der Waals surface area (Å²) in [5.74, 6) is -1.93. The van der Waals surface area contributed by atoms with Crippen molar-refractivity contribution in [1.82, 2.24) is 4.72 Å². The topological polar surface area (TPSA) is 83.5 Å². The van der Waals surface area contributed by atoms with Crippen LogP contribution in [0, 0.1) is 5.92 Å². The van der Waals surface area contributed by atoms with Crippen molar-refractivity contribution in [3.8, 4) is 0 Å². The summed E-state index contributed by atoms with van der Waals surface area (Å²) in [4.78, 5) is 11.6. The number of benzene rings is 1. The van der Waals surface area contributed by atoms with Crippen LogP contribution in [0.1, 0.15) is 23.2 Å². The fraction of sp³-hybridized carbons (Fsp3) is 0.364. The third-order valence-electron chi connectivity index (χ3n) is 2.72. The maximum absolute atomic E-state index is 13.7. The number of nitrogens with one attached hydrogen (secondary N) is 1. The summed E-state index contributed by atoms with van der Waals surface area (Å²) in [6.07, 6.45) is 0.570. The van der Waals surface area contributed by atoms with Gasteiger partial charge in [-0.1, -0.05) is 18.2 Å². The molecule has 1 aromatic carbocycles. The largest absolute Gasteiger partial charge is 0.348 e. The number of alkyl halides is 1. The van der Waals surface area contributed by atoms with Crippen molar-refractivity contribution in [2.75, 3.05) is 0 Å². The van der Waals surface area contributed by atoms with Crippen molar-refractivity contribution >= 4 is 15.9 Å². The molecule has 0 aromatic heterocycles. The number of amides is 1. The highest BCUT2D eigenvalue weighted by molar-refractivity contribution is 7.91. The Bertz CT molecular complexity index is 552. The average molecular weight is 273 g/mol. The van der Waals surface area contributed by atoms with E-state index in [1.807, 2.05) is 0 Å². The van der Waals surface area contributed by atoms with Crippen molar-refractivity contribution in [3.05, 3.63) is 35.9 Å². The van der Waals surface area contributed by atoms with Crippen molar-refractivity contribution in [3.63, 3.8) is 0 Å². The van der Waals surface area contributed by atoms with E-state index in [4.69, 9.17) is 0 Å². The number of hydrogen-bond donors (Lipinski definition) is 2. The van der Waals surface area contributed by atoms with Crippen LogP contribution in [0.3, 0.4) is 0 Å². The fourth-order valence-electron chi connectivity index (χ4n) is 1.50. The van der Waals surface area contributed by atoms with E-state index in [2.05, 4.69) is 0 Å². The van der Waals surface area contributed by atoms with E-state index >= 15 is 0 Å². The van der Waals surface area contributed by atoms with Gasteiger partial charge in [0.15, 0.2) is 0 Å². The van der Waals surface area contributed by atoms with Gasteiger partial charge >= 0.3 is 5.19 Å². The first-order chi connectivity index (χ1) is 8.34. The molecule has 0 radical (unpaired) electrons. The molecule has 0 saturated heterocycles. The van der Waals surface area contributed by atoms with Crippen LogP contribution in [0.4, 0.5) is 4.39 Å². The van der Waals surface area contributed by atoms with E-state index < -0.39 is 27.0 Å². The van der Waals surface area contributed by atoms with Crippen LogP contribution in [0.2, 0.25) is 0 Å². The summed E-state index contributed by atoms with van der Waals surface area (Å²) in [6, 6.07) is 7.52. The van der Waals surface area contributed by atoms with Crippen molar-refractivity contribution < 1.29 is 22.7 Å². The van der Waals surface area contributed by atoms with Crippen molar-refractivity contribution in [2.45, 2.75) is 18.0 Å². The van der Waals surface area contributed by atoms with Crippen LogP contribution < -0.4 is 4.72 Å². The summed E-state index contributed by atoms with van der Waals surface area (Å²) >= 11 is 0. The lowest BCUT2D eigenvalue weighted by atomic mass is 10.2. The van der Waals surface area contributed by atoms with Crippen LogP contribution in [0.5, 0.6) is 0 Å². The summed E-state index contributed by atoms with van der Waals surface area (Å²) in [7, 11) is -4.75. The minimum Gasteiger partial charge on any atom is -0.348 e. The normalized spacial score (nSPS) is 19.0. The molecule has 0 bridgehead atoms. The van der Waals surface area contributed by atoms with Gasteiger partial charge < -0.3 is 5.11 Å². The molecule has 1 aliphatic carbocycles. The Morgan fingerprint density at radius 3 is 2.39 bits per heavy atom. The van der Waals surface area contributed by atoms with Crippen LogP contribution in [0.15, 0.2) is 30.3 Å². The number of rotatable bonds is 4. The first-order valence-corrected chi connectivity index (χ1v) is 6.86. The van der Waals surface area contributed by atoms with E-state index in [-0.39, 0.29) is 18.4 Å². The standard InChI is InChI=1S/C11H12FNO4S/c12-11(15,9-6-7-9)18(16,17)13-10(14)8-4-2-1-3-5-8/h1-5,9,15H,6-7H2,(H,13,14). The number of sulfonamides is 1. The first kappa shape index (κ1) is 13.0. The van der Waals surface area contributed by atoms with Gasteiger partial charge in [-0.15, -0.1) is 0 Å². The monoisotopic (exact) mass is 273 g/mol. The Morgan fingerprint density at radius 2 is 1.89 bits per heavy atom. The molecule has 98 valence electrons. The third kappa shape index (κ3) is 2.37. The predicted octanol–water partition coefficient (Wildman–Crippen LogP) is 0.772. The first-order valence-electron chi connectivity index (χ1n) is 5.37. The smallest absolute Gasteiger partial charge is 0.330 e. The summed E-state index contributed by atoms with van der Waals surface area (Å²) in [5, 5.41) is 5.92. The number of carbonyl (C=O) groups excluding carboxylic acids is 1. The van der Waals surface area contributed by atoms with Gasteiger partial charge in [-0.05, 0) is 25.0 Å². The SMILES string of the molecule is O=C(NS(=O)(=O)C(O)(F)C1CC1)c1ccccc1. The van der Waals surface area contributed by atoms with Gasteiger partial charge in [-0.2, -0.15) is 4.39 Å². The zero-order chi connectivity index (χ0) is 13.4. The van der Waals surface area contributed by atoms with E-state index in [1.165, 1.54) is 12.1 Å². The zero-order valence-electron chi connectivity index (χ0n) is 9.34. The predicted molar refractivity (Wildman–Crippen MR) is 61.6 cm³/mol. The molecule has 0 heterocycles. The second kappa shape index (κ2) is 4.33. The highest BCUT2D eigenvalue weighted by atomic mass is 32.2. The number of hydrogen-bond acceptors (Lipinski definition) is 4. The number of carbonyl (C=O) groups is 1. The molecular weight excluding hydrogens is 261 g/mol. The number of halogens is 1. The maximum atomic E-state index is 13.7. The molecule has 0 spiro atoms. The Kier molecular flexibility index (Phi) is 3.12. The molecule has 18 heavy (non-hydrogen) atoms. The molecule has 1 amide bonds. The maximum Gasteiger partial charge on any atom is 0.330 e. The Hall–Kier alpha value is -1.47. The second-order valence-electron chi connectivity index (χ2n) is 4.18. The Labute approximate surface area is 104 Å². The molecule has 2 N–H and O–H groups in total. The highest BCUT2D eigenvalue weighted by Crippen LogP contribution is 2.43. The molecule has 1 saturated carbocycles. The lowest BCUT2D eigenvalue weighted by molar-refractivity contribution is -0.0275. The van der Waals surface area contributed by atoms with Crippen LogP contribution in [-0.4, -0.2) is 24.6 Å². The van der Waals surface area contributed by atoms with Gasteiger partial charge in [0, 0.05) is 11.5 Å². The molecular formula is C11H12FNO4S. The van der Waals surface area contributed by atoms with Crippen molar-refractivity contribution in [1.29, 1.82) is 0 Å². The van der Waals surface area contributed by atoms with Crippen LogP contribution in [-0.2, 0) is 10.0 Å². The van der Waals surface area contributed by atoms with Crippen LogP contribution in [0.25, 0.3) is 0 Å². The molecule has 5 nitrogen and oxygen atoms in total. The lowest BCUT2D eigenvalue weighted by Gasteiger charge is -2.18. The lowest BCUT2D eigenvalue weighted by Crippen LogP contribution is -2.46. The average Bonchev–Trinajstić information content (AvgIpc) is 3.13. The minimum atomic E-state index is -4.75. The van der Waals surface area contributed by atoms with E-state index in [0.717, 1.165) is 0 Å². The third-order valence-corrected chi connectivity index (χ3v) is 4.26. The Balaban J connectivity index is 2.16. The van der Waals surface area contributed by atoms with Gasteiger partial charge in [-0.25, -0.2) is 13.1 Å². The zero-order valence-corrected chi connectivity index (χ0v) is 10.2. The van der Waals surface area contributed by atoms with E-state index in [0.29, 0.717) is 0 Å². The second-order valence-corrected chi connectivity index (χ2v) is 5.97. The number of aliphatic hydroxyl groups is 1. The molecule has 7 heteroatoms. The summed E-state index contributed by atoms with van der Waals surface area (Å²) < 4.78 is 38.3. The molecule has 1 unspecified atom stereocenters. The highest BCUT2D eigenvalue weighted by Gasteiger charge is 2.55. The van der Waals surface area contributed by atoms with Gasteiger partial charge in [-0.3, -0.25) is 4.79 Å². The molecule has 2 rings (SSSR count). The quantitative estimate of drug-likeness (QED) is 0.848. The fourth-order valence-corrected chi connectivity index (χ4v) is 2.68. The van der Waals surface area contributed by atoms with Gasteiger partial charge in [0.2, 0.25) is 0 Å². The van der Waals surface area contributed by atoms with Crippen molar-refractivity contribution in [2.24, 2.45) is 5.92 Å². The molecule has 1 aliphatic rings.